The predicted octanol–water partition coefficient (Wildman–Crippen LogP) is 5.35. The Labute approximate surface area is 126 Å². The van der Waals surface area contributed by atoms with Crippen LogP contribution in [0.15, 0.2) is 45.3 Å². The first kappa shape index (κ1) is 14.2. The summed E-state index contributed by atoms with van der Waals surface area (Å²) in [6.45, 7) is 1.39. The van der Waals surface area contributed by atoms with Crippen LogP contribution in [0.4, 0.5) is 4.39 Å². The molecule has 2 rings (SSSR count). The van der Waals surface area contributed by atoms with Crippen LogP contribution in [0.25, 0.3) is 0 Å². The number of hydrogen-bond acceptors (Lipinski definition) is 2. The molecule has 19 heavy (non-hydrogen) atoms. The highest BCUT2D eigenvalue weighted by Crippen LogP contribution is 2.33. The van der Waals surface area contributed by atoms with E-state index in [9.17, 15) is 9.18 Å². The Bertz CT molecular complexity index is 641. The molecule has 2 aromatic rings. The van der Waals surface area contributed by atoms with E-state index < -0.39 is 5.82 Å². The molecule has 0 bridgehead atoms. The second-order valence-corrected chi connectivity index (χ2v) is 5.65. The maximum absolute atomic E-state index is 13.8. The zero-order valence-electron chi connectivity index (χ0n) is 9.91. The molecular formula is C14H9Br2FO2. The van der Waals surface area contributed by atoms with Crippen molar-refractivity contribution in [3.05, 3.63) is 56.7 Å². The minimum absolute atomic E-state index is 0.0769. The third kappa shape index (κ3) is 3.42. The largest absolute Gasteiger partial charge is 0.453 e. The molecule has 0 radical (unpaired) electrons. The normalized spacial score (nSPS) is 10.3. The van der Waals surface area contributed by atoms with Crippen LogP contribution in [0.3, 0.4) is 0 Å². The van der Waals surface area contributed by atoms with Crippen LogP contribution in [0.1, 0.15) is 17.3 Å². The van der Waals surface area contributed by atoms with Crippen molar-refractivity contribution in [2.24, 2.45) is 0 Å². The molecule has 0 aliphatic carbocycles. The van der Waals surface area contributed by atoms with Gasteiger partial charge in [0.25, 0.3) is 0 Å². The van der Waals surface area contributed by atoms with Crippen molar-refractivity contribution >= 4 is 37.6 Å². The Balaban J connectivity index is 2.31. The highest BCUT2D eigenvalue weighted by molar-refractivity contribution is 9.11. The molecule has 0 unspecified atom stereocenters. The number of benzene rings is 2. The monoisotopic (exact) mass is 386 g/mol. The lowest BCUT2D eigenvalue weighted by Gasteiger charge is -2.09. The fourth-order valence-electron chi connectivity index (χ4n) is 1.48. The van der Waals surface area contributed by atoms with Gasteiger partial charge in [0.15, 0.2) is 17.3 Å². The van der Waals surface area contributed by atoms with E-state index >= 15 is 0 Å². The summed E-state index contributed by atoms with van der Waals surface area (Å²) >= 11 is 6.66. The molecule has 2 nitrogen and oxygen atoms in total. The van der Waals surface area contributed by atoms with E-state index in [4.69, 9.17) is 4.74 Å². The summed E-state index contributed by atoms with van der Waals surface area (Å²) in [7, 11) is 0. The number of halogens is 3. The van der Waals surface area contributed by atoms with Gasteiger partial charge in [-0.2, -0.15) is 0 Å². The molecule has 0 N–H and O–H groups in total. The van der Waals surface area contributed by atoms with Gasteiger partial charge in [0.1, 0.15) is 5.75 Å². The van der Waals surface area contributed by atoms with Gasteiger partial charge in [-0.1, -0.05) is 15.9 Å². The SMILES string of the molecule is CC(=O)c1ccc(Oc2ccc(Br)cc2Br)c(F)c1. The topological polar surface area (TPSA) is 26.3 Å². The number of Topliss-reactive ketones (excluding diaryl/α,β-unsaturated/α-hetero) is 1. The van der Waals surface area contributed by atoms with Crippen LogP contribution < -0.4 is 4.74 Å². The fourth-order valence-corrected chi connectivity index (χ4v) is 2.61. The molecule has 0 aliphatic heterocycles. The second-order valence-electron chi connectivity index (χ2n) is 3.88. The number of carbonyl (C=O) groups is 1. The van der Waals surface area contributed by atoms with E-state index in [1.807, 2.05) is 0 Å². The summed E-state index contributed by atoms with van der Waals surface area (Å²) in [6, 6.07) is 9.46. The summed E-state index contributed by atoms with van der Waals surface area (Å²) in [6.07, 6.45) is 0. The van der Waals surface area contributed by atoms with E-state index in [0.717, 1.165) is 4.47 Å². The van der Waals surface area contributed by atoms with E-state index in [1.54, 1.807) is 18.2 Å². The Morgan fingerprint density at radius 3 is 2.37 bits per heavy atom. The van der Waals surface area contributed by atoms with Gasteiger partial charge >= 0.3 is 0 Å². The van der Waals surface area contributed by atoms with Crippen LogP contribution in [0.5, 0.6) is 11.5 Å². The summed E-state index contributed by atoms with van der Waals surface area (Å²) in [4.78, 5) is 11.1. The molecule has 0 heterocycles. The number of rotatable bonds is 3. The van der Waals surface area contributed by atoms with E-state index in [-0.39, 0.29) is 11.5 Å². The summed E-state index contributed by atoms with van der Waals surface area (Å²) in [5, 5.41) is 0. The van der Waals surface area contributed by atoms with Crippen LogP contribution in [0, 0.1) is 5.82 Å². The molecule has 98 valence electrons. The van der Waals surface area contributed by atoms with E-state index in [0.29, 0.717) is 15.8 Å². The molecule has 0 spiro atoms. The Morgan fingerprint density at radius 1 is 1.11 bits per heavy atom. The zero-order chi connectivity index (χ0) is 14.0. The quantitative estimate of drug-likeness (QED) is 0.664. The third-order valence-corrected chi connectivity index (χ3v) is 3.57. The number of hydrogen-bond donors (Lipinski definition) is 0. The van der Waals surface area contributed by atoms with Crippen LogP contribution in [0.2, 0.25) is 0 Å². The first-order valence-corrected chi connectivity index (χ1v) is 6.99. The molecule has 5 heteroatoms. The van der Waals surface area contributed by atoms with Gasteiger partial charge in [-0.15, -0.1) is 0 Å². The van der Waals surface area contributed by atoms with Crippen LogP contribution in [-0.2, 0) is 0 Å². The lowest BCUT2D eigenvalue weighted by Crippen LogP contribution is -1.95. The van der Waals surface area contributed by atoms with Crippen LogP contribution >= 0.6 is 31.9 Å². The minimum Gasteiger partial charge on any atom is -0.453 e. The average molecular weight is 388 g/mol. The lowest BCUT2D eigenvalue weighted by molar-refractivity contribution is 0.101. The van der Waals surface area contributed by atoms with Gasteiger partial charge in [-0.25, -0.2) is 4.39 Å². The van der Waals surface area contributed by atoms with Gasteiger partial charge in [0, 0.05) is 10.0 Å². The van der Waals surface area contributed by atoms with Crippen molar-refractivity contribution in [1.29, 1.82) is 0 Å². The highest BCUT2D eigenvalue weighted by atomic mass is 79.9. The van der Waals surface area contributed by atoms with Crippen molar-refractivity contribution in [2.45, 2.75) is 6.92 Å². The molecule has 0 aliphatic rings. The Hall–Kier alpha value is -1.20. The molecular weight excluding hydrogens is 379 g/mol. The number of ketones is 1. The first-order chi connectivity index (χ1) is 8.97. The molecule has 0 saturated heterocycles. The molecule has 0 saturated carbocycles. The molecule has 2 aromatic carbocycles. The highest BCUT2D eigenvalue weighted by Gasteiger charge is 2.10. The second kappa shape index (κ2) is 5.84. The lowest BCUT2D eigenvalue weighted by atomic mass is 10.1. The predicted molar refractivity (Wildman–Crippen MR) is 78.3 cm³/mol. The molecule has 0 atom stereocenters. The zero-order valence-corrected chi connectivity index (χ0v) is 13.1. The van der Waals surface area contributed by atoms with Crippen molar-refractivity contribution < 1.29 is 13.9 Å². The van der Waals surface area contributed by atoms with Gasteiger partial charge < -0.3 is 4.74 Å². The van der Waals surface area contributed by atoms with Gasteiger partial charge in [0.2, 0.25) is 0 Å². The molecule has 0 fully saturated rings. The smallest absolute Gasteiger partial charge is 0.166 e. The molecule has 0 amide bonds. The Kier molecular flexibility index (Phi) is 4.37. The maximum Gasteiger partial charge on any atom is 0.166 e. The van der Waals surface area contributed by atoms with Crippen molar-refractivity contribution in [1.82, 2.24) is 0 Å². The van der Waals surface area contributed by atoms with Crippen molar-refractivity contribution in [2.75, 3.05) is 0 Å². The summed E-state index contributed by atoms with van der Waals surface area (Å²) in [5.74, 6) is -0.177. The van der Waals surface area contributed by atoms with Crippen molar-refractivity contribution in [3.8, 4) is 11.5 Å². The first-order valence-electron chi connectivity index (χ1n) is 5.41. The van der Waals surface area contributed by atoms with Crippen molar-refractivity contribution in [3.63, 3.8) is 0 Å². The van der Waals surface area contributed by atoms with Gasteiger partial charge in [0.05, 0.1) is 4.47 Å². The summed E-state index contributed by atoms with van der Waals surface area (Å²) < 4.78 is 20.9. The standard InChI is InChI=1S/C14H9Br2FO2/c1-8(18)9-2-4-14(12(17)6-9)19-13-5-3-10(15)7-11(13)16/h2-7H,1H3. The van der Waals surface area contributed by atoms with Crippen LogP contribution in [-0.4, -0.2) is 5.78 Å². The fraction of sp³-hybridized carbons (Fsp3) is 0.0714. The number of ether oxygens (including phenoxy) is 1. The average Bonchev–Trinajstić information content (AvgIpc) is 2.34. The van der Waals surface area contributed by atoms with E-state index in [1.165, 1.54) is 25.1 Å². The Morgan fingerprint density at radius 2 is 1.79 bits per heavy atom. The van der Waals surface area contributed by atoms with Gasteiger partial charge in [-0.3, -0.25) is 4.79 Å². The molecule has 0 aromatic heterocycles. The number of carbonyl (C=O) groups excluding carboxylic acids is 1. The van der Waals surface area contributed by atoms with E-state index in [2.05, 4.69) is 31.9 Å². The summed E-state index contributed by atoms with van der Waals surface area (Å²) in [5.41, 5.74) is 0.319. The maximum atomic E-state index is 13.8. The van der Waals surface area contributed by atoms with Gasteiger partial charge in [-0.05, 0) is 59.3 Å². The third-order valence-electron chi connectivity index (χ3n) is 2.45. The minimum atomic E-state index is -0.567.